The van der Waals surface area contributed by atoms with Crippen LogP contribution in [0.2, 0.25) is 0 Å². The molecule has 0 N–H and O–H groups in total. The molecular weight excluding hydrogens is 220 g/mol. The Bertz CT molecular complexity index is 55.1. The average molecular weight is 228 g/mol. The van der Waals surface area contributed by atoms with Gasteiger partial charge in [-0.25, -0.2) is 0 Å². The van der Waals surface area contributed by atoms with Gasteiger partial charge in [-0.05, 0) is 12.8 Å². The van der Waals surface area contributed by atoms with Crippen molar-refractivity contribution in [2.45, 2.75) is 28.9 Å². The fourth-order valence-electron chi connectivity index (χ4n) is 0.870. The third-order valence-electron chi connectivity index (χ3n) is 1.35. The average Bonchev–Trinajstić information content (AvgIpc) is 1.91. The molecule has 0 nitrogen and oxygen atoms in total. The molecule has 0 aliphatic heterocycles. The number of rotatable bonds is 0. The highest BCUT2D eigenvalue weighted by Gasteiger charge is 2.21. The van der Waals surface area contributed by atoms with Gasteiger partial charge in [-0.15, -0.1) is 0 Å². The predicted molar refractivity (Wildman–Crippen MR) is 39.3 cm³/mol. The van der Waals surface area contributed by atoms with Crippen molar-refractivity contribution in [3.8, 4) is 0 Å². The van der Waals surface area contributed by atoms with Crippen LogP contribution in [-0.2, 0) is 0 Å². The van der Waals surface area contributed by atoms with Crippen LogP contribution in [0.4, 0.5) is 0 Å². The second-order valence-corrected chi connectivity index (χ2v) is 4.32. The maximum absolute atomic E-state index is 3.56. The van der Waals surface area contributed by atoms with Gasteiger partial charge in [0.2, 0.25) is 0 Å². The molecule has 1 aliphatic rings. The fourth-order valence-corrected chi connectivity index (χ4v) is 2.05. The zero-order valence-electron chi connectivity index (χ0n) is 4.03. The van der Waals surface area contributed by atoms with Crippen molar-refractivity contribution in [1.82, 2.24) is 0 Å². The Hall–Kier alpha value is 0.960. The van der Waals surface area contributed by atoms with Crippen molar-refractivity contribution in [3.63, 3.8) is 0 Å². The summed E-state index contributed by atoms with van der Waals surface area (Å²) in [7, 11) is 0. The van der Waals surface area contributed by atoms with E-state index in [-0.39, 0.29) is 0 Å². The van der Waals surface area contributed by atoms with Gasteiger partial charge < -0.3 is 0 Å². The summed E-state index contributed by atoms with van der Waals surface area (Å²) in [5, 5.41) is 0. The number of halogens is 2. The lowest BCUT2D eigenvalue weighted by atomic mass is 10.4. The molecule has 1 saturated carbocycles. The highest BCUT2D eigenvalue weighted by Crippen LogP contribution is 2.30. The first kappa shape index (κ1) is 6.09. The second kappa shape index (κ2) is 2.49. The molecule has 1 fully saturated rings. The monoisotopic (exact) mass is 226 g/mol. The van der Waals surface area contributed by atoms with E-state index < -0.39 is 0 Å². The van der Waals surface area contributed by atoms with E-state index in [2.05, 4.69) is 31.9 Å². The van der Waals surface area contributed by atoms with Gasteiger partial charge in [-0.3, -0.25) is 0 Å². The summed E-state index contributed by atoms with van der Waals surface area (Å²) in [4.78, 5) is 1.49. The largest absolute Gasteiger partial charge is 0.0879 e. The molecule has 0 amide bonds. The molecule has 42 valence electrons. The normalized spacial score (nSPS) is 42.0. The van der Waals surface area contributed by atoms with Crippen LogP contribution in [0.3, 0.4) is 0 Å². The minimum absolute atomic E-state index is 0.743. The molecule has 1 aliphatic carbocycles. The van der Waals surface area contributed by atoms with Crippen LogP contribution in [0.25, 0.3) is 0 Å². The topological polar surface area (TPSA) is 0 Å². The molecule has 0 spiro atoms. The van der Waals surface area contributed by atoms with Crippen molar-refractivity contribution in [1.29, 1.82) is 0 Å². The maximum Gasteiger partial charge on any atom is 0.0271 e. The second-order valence-electron chi connectivity index (χ2n) is 1.96. The lowest BCUT2D eigenvalue weighted by molar-refractivity contribution is 0.893. The van der Waals surface area contributed by atoms with Gasteiger partial charge in [0.05, 0.1) is 0 Å². The first-order chi connectivity index (χ1) is 3.30. The van der Waals surface area contributed by atoms with E-state index in [4.69, 9.17) is 0 Å². The lowest BCUT2D eigenvalue weighted by Crippen LogP contribution is -2.02. The van der Waals surface area contributed by atoms with Crippen LogP contribution >= 0.6 is 31.9 Å². The van der Waals surface area contributed by atoms with Gasteiger partial charge in [-0.2, -0.15) is 0 Å². The van der Waals surface area contributed by atoms with Crippen molar-refractivity contribution >= 4 is 31.9 Å². The Labute approximate surface area is 60.9 Å². The number of hydrogen-bond acceptors (Lipinski definition) is 0. The zero-order chi connectivity index (χ0) is 5.28. The summed E-state index contributed by atoms with van der Waals surface area (Å²) in [6.45, 7) is 0. The Morgan fingerprint density at radius 3 is 1.57 bits per heavy atom. The molecule has 2 atom stereocenters. The third kappa shape index (κ3) is 1.43. The van der Waals surface area contributed by atoms with Gasteiger partial charge >= 0.3 is 0 Å². The minimum atomic E-state index is 0.743. The predicted octanol–water partition coefficient (Wildman–Crippen LogP) is 2.70. The highest BCUT2D eigenvalue weighted by atomic mass is 79.9. The van der Waals surface area contributed by atoms with E-state index in [1.807, 2.05) is 0 Å². The van der Waals surface area contributed by atoms with Crippen molar-refractivity contribution in [2.75, 3.05) is 0 Å². The third-order valence-corrected chi connectivity index (χ3v) is 4.25. The van der Waals surface area contributed by atoms with Crippen molar-refractivity contribution in [2.24, 2.45) is 0 Å². The molecular formula is C5H8Br2. The van der Waals surface area contributed by atoms with Crippen molar-refractivity contribution < 1.29 is 0 Å². The van der Waals surface area contributed by atoms with E-state index in [9.17, 15) is 0 Å². The summed E-state index contributed by atoms with van der Waals surface area (Å²) in [5.74, 6) is 0. The molecule has 1 rings (SSSR count). The molecule has 0 heterocycles. The van der Waals surface area contributed by atoms with Crippen LogP contribution in [0.15, 0.2) is 0 Å². The SMILES string of the molecule is Br[C@H]1CCC[C@@H]1Br. The van der Waals surface area contributed by atoms with E-state index >= 15 is 0 Å². The lowest BCUT2D eigenvalue weighted by Gasteiger charge is -2.00. The van der Waals surface area contributed by atoms with Crippen LogP contribution in [-0.4, -0.2) is 9.65 Å². The standard InChI is InChI=1S/C5H8Br2/c6-4-2-1-3-5(4)7/h4-5H,1-3H2/t4-,5-/m0/s1. The maximum atomic E-state index is 3.56. The van der Waals surface area contributed by atoms with Crippen molar-refractivity contribution in [3.05, 3.63) is 0 Å². The fraction of sp³-hybridized carbons (Fsp3) is 1.00. The highest BCUT2D eigenvalue weighted by molar-refractivity contribution is 9.12. The Morgan fingerprint density at radius 1 is 1.00 bits per heavy atom. The molecule has 0 unspecified atom stereocenters. The van der Waals surface area contributed by atoms with Gasteiger partial charge in [0, 0.05) is 9.65 Å². The first-order valence-corrected chi connectivity index (χ1v) is 4.42. The minimum Gasteiger partial charge on any atom is -0.0879 e. The van der Waals surface area contributed by atoms with E-state index in [1.165, 1.54) is 19.3 Å². The van der Waals surface area contributed by atoms with Gasteiger partial charge in [0.1, 0.15) is 0 Å². The Balaban J connectivity index is 2.33. The van der Waals surface area contributed by atoms with Gasteiger partial charge in [0.25, 0.3) is 0 Å². The number of hydrogen-bond donors (Lipinski definition) is 0. The van der Waals surface area contributed by atoms with Crippen LogP contribution in [0, 0.1) is 0 Å². The van der Waals surface area contributed by atoms with Crippen LogP contribution in [0.1, 0.15) is 19.3 Å². The molecule has 0 aromatic heterocycles. The molecule has 0 radical (unpaired) electrons. The van der Waals surface area contributed by atoms with E-state index in [0.717, 1.165) is 9.65 Å². The smallest absolute Gasteiger partial charge is 0.0271 e. The summed E-state index contributed by atoms with van der Waals surface area (Å²) in [6.07, 6.45) is 4.07. The quantitative estimate of drug-likeness (QED) is 0.559. The molecule has 0 aromatic rings. The number of alkyl halides is 2. The molecule has 7 heavy (non-hydrogen) atoms. The first-order valence-electron chi connectivity index (χ1n) is 2.59. The Kier molecular flexibility index (Phi) is 2.17. The molecule has 0 bridgehead atoms. The van der Waals surface area contributed by atoms with Crippen LogP contribution < -0.4 is 0 Å². The Morgan fingerprint density at radius 2 is 1.43 bits per heavy atom. The molecule has 2 heteroatoms. The molecule has 0 saturated heterocycles. The van der Waals surface area contributed by atoms with Gasteiger partial charge in [0.15, 0.2) is 0 Å². The summed E-state index contributed by atoms with van der Waals surface area (Å²) < 4.78 is 0. The summed E-state index contributed by atoms with van der Waals surface area (Å²) in [6, 6.07) is 0. The van der Waals surface area contributed by atoms with E-state index in [0.29, 0.717) is 0 Å². The van der Waals surface area contributed by atoms with Gasteiger partial charge in [-0.1, -0.05) is 38.3 Å². The molecule has 0 aromatic carbocycles. The zero-order valence-corrected chi connectivity index (χ0v) is 7.20. The summed E-state index contributed by atoms with van der Waals surface area (Å²) in [5.41, 5.74) is 0. The van der Waals surface area contributed by atoms with E-state index in [1.54, 1.807) is 0 Å². The summed E-state index contributed by atoms with van der Waals surface area (Å²) >= 11 is 7.11. The van der Waals surface area contributed by atoms with Crippen LogP contribution in [0.5, 0.6) is 0 Å².